The summed E-state index contributed by atoms with van der Waals surface area (Å²) in [5, 5.41) is 10.5. The van der Waals surface area contributed by atoms with Gasteiger partial charge in [-0.1, -0.05) is 43.6 Å². The smallest absolute Gasteiger partial charge is 0.262 e. The molecule has 2 aromatic rings. The number of rotatable bonds is 4. The minimum Gasteiger partial charge on any atom is -0.493 e. The van der Waals surface area contributed by atoms with Crippen molar-refractivity contribution in [1.29, 1.82) is 0 Å². The average Bonchev–Trinajstić information content (AvgIpc) is 2.47. The van der Waals surface area contributed by atoms with E-state index in [1.54, 1.807) is 24.3 Å². The van der Waals surface area contributed by atoms with E-state index in [0.717, 1.165) is 0 Å². The summed E-state index contributed by atoms with van der Waals surface area (Å²) in [6, 6.07) is 6.79. The minimum atomic E-state index is -0.768. The number of aromatic amines is 1. The maximum absolute atomic E-state index is 12.3. The Morgan fingerprint density at radius 1 is 1.33 bits per heavy atom. The van der Waals surface area contributed by atoms with Crippen molar-refractivity contribution in [2.45, 2.75) is 32.2 Å². The van der Waals surface area contributed by atoms with Crippen molar-refractivity contribution in [1.82, 2.24) is 9.97 Å². The summed E-state index contributed by atoms with van der Waals surface area (Å²) in [7, 11) is 0. The van der Waals surface area contributed by atoms with Crippen LogP contribution in [-0.2, 0) is 5.54 Å². The van der Waals surface area contributed by atoms with Crippen LogP contribution in [0.1, 0.15) is 32.5 Å². The lowest BCUT2D eigenvalue weighted by atomic mass is 9.93. The standard InChI is InChI=1S/C15H18ClN3O2/c1-3-15(17,4-2)14-18-12(20)11(13(21)19-14)9-7-5-6-8-10(9)16/h5-8H,3-4,17H2,1-2H3,(H2,18,19,20,21). The van der Waals surface area contributed by atoms with E-state index in [4.69, 9.17) is 17.3 Å². The molecule has 0 bridgehead atoms. The van der Waals surface area contributed by atoms with Gasteiger partial charge in [0, 0.05) is 10.6 Å². The highest BCUT2D eigenvalue weighted by atomic mass is 35.5. The molecule has 112 valence electrons. The molecule has 2 rings (SSSR count). The van der Waals surface area contributed by atoms with E-state index in [0.29, 0.717) is 23.4 Å². The number of H-pyrrole nitrogens is 1. The van der Waals surface area contributed by atoms with Gasteiger partial charge < -0.3 is 15.8 Å². The number of benzene rings is 1. The Bertz CT molecular complexity index is 708. The normalized spacial score (nSPS) is 11.6. The van der Waals surface area contributed by atoms with Crippen LogP contribution in [0.15, 0.2) is 29.1 Å². The Morgan fingerprint density at radius 2 is 1.95 bits per heavy atom. The molecule has 0 amide bonds. The van der Waals surface area contributed by atoms with Crippen molar-refractivity contribution in [3.8, 4) is 17.0 Å². The van der Waals surface area contributed by atoms with E-state index in [2.05, 4.69) is 9.97 Å². The highest BCUT2D eigenvalue weighted by Gasteiger charge is 2.28. The number of nitrogens with two attached hydrogens (primary N) is 1. The number of hydrogen-bond donors (Lipinski definition) is 3. The van der Waals surface area contributed by atoms with Crippen LogP contribution in [0.3, 0.4) is 0 Å². The van der Waals surface area contributed by atoms with Crippen LogP contribution < -0.4 is 11.3 Å². The van der Waals surface area contributed by atoms with Crippen LogP contribution in [0.5, 0.6) is 5.88 Å². The van der Waals surface area contributed by atoms with Gasteiger partial charge in [-0.15, -0.1) is 0 Å². The van der Waals surface area contributed by atoms with E-state index >= 15 is 0 Å². The lowest BCUT2D eigenvalue weighted by molar-refractivity contribution is 0.372. The number of hydrogen-bond acceptors (Lipinski definition) is 4. The van der Waals surface area contributed by atoms with Crippen molar-refractivity contribution >= 4 is 11.6 Å². The van der Waals surface area contributed by atoms with Crippen LogP contribution in [0.4, 0.5) is 0 Å². The fraction of sp³-hybridized carbons (Fsp3) is 0.333. The van der Waals surface area contributed by atoms with Gasteiger partial charge in [0.2, 0.25) is 5.88 Å². The molecule has 6 heteroatoms. The van der Waals surface area contributed by atoms with Gasteiger partial charge in [0.15, 0.2) is 0 Å². The van der Waals surface area contributed by atoms with Gasteiger partial charge in [-0.2, -0.15) is 4.98 Å². The second kappa shape index (κ2) is 5.87. The van der Waals surface area contributed by atoms with Crippen molar-refractivity contribution in [2.75, 3.05) is 0 Å². The summed E-state index contributed by atoms with van der Waals surface area (Å²) >= 11 is 6.07. The zero-order valence-corrected chi connectivity index (χ0v) is 12.7. The Labute approximate surface area is 127 Å². The van der Waals surface area contributed by atoms with E-state index in [-0.39, 0.29) is 17.3 Å². The molecule has 0 aliphatic carbocycles. The molecule has 21 heavy (non-hydrogen) atoms. The molecule has 4 N–H and O–H groups in total. The van der Waals surface area contributed by atoms with Gasteiger partial charge in [0.1, 0.15) is 11.4 Å². The number of nitrogens with zero attached hydrogens (tertiary/aromatic N) is 1. The van der Waals surface area contributed by atoms with Crippen LogP contribution in [0.25, 0.3) is 11.1 Å². The second-order valence-corrected chi connectivity index (χ2v) is 5.36. The minimum absolute atomic E-state index is 0.0545. The van der Waals surface area contributed by atoms with E-state index in [9.17, 15) is 9.90 Å². The molecule has 0 radical (unpaired) electrons. The monoisotopic (exact) mass is 307 g/mol. The van der Waals surface area contributed by atoms with Crippen LogP contribution in [0, 0.1) is 0 Å². The third-order valence-corrected chi connectivity index (χ3v) is 4.11. The summed E-state index contributed by atoms with van der Waals surface area (Å²) < 4.78 is 0. The zero-order valence-electron chi connectivity index (χ0n) is 12.0. The Morgan fingerprint density at radius 3 is 2.48 bits per heavy atom. The van der Waals surface area contributed by atoms with Gasteiger partial charge >= 0.3 is 0 Å². The zero-order chi connectivity index (χ0) is 15.6. The first-order valence-corrected chi connectivity index (χ1v) is 7.18. The summed E-state index contributed by atoms with van der Waals surface area (Å²) in [4.78, 5) is 19.1. The highest BCUT2D eigenvalue weighted by Crippen LogP contribution is 2.31. The van der Waals surface area contributed by atoms with Gasteiger partial charge in [-0.05, 0) is 18.9 Å². The molecule has 0 fully saturated rings. The van der Waals surface area contributed by atoms with E-state index < -0.39 is 11.1 Å². The number of aromatic hydroxyl groups is 1. The fourth-order valence-electron chi connectivity index (χ4n) is 2.19. The number of aromatic nitrogens is 2. The molecular weight excluding hydrogens is 290 g/mol. The summed E-state index contributed by atoms with van der Waals surface area (Å²) in [6.45, 7) is 3.81. The SMILES string of the molecule is CCC(N)(CC)c1nc(O)c(-c2ccccc2Cl)c(=O)[nH]1. The lowest BCUT2D eigenvalue weighted by Gasteiger charge is -2.25. The molecule has 1 heterocycles. The van der Waals surface area contributed by atoms with Gasteiger partial charge in [0.25, 0.3) is 5.56 Å². The van der Waals surface area contributed by atoms with E-state index in [1.807, 2.05) is 13.8 Å². The molecule has 0 unspecified atom stereocenters. The molecular formula is C15H18ClN3O2. The van der Waals surface area contributed by atoms with Gasteiger partial charge in [-0.3, -0.25) is 4.79 Å². The topological polar surface area (TPSA) is 92.0 Å². The first-order chi connectivity index (χ1) is 9.92. The van der Waals surface area contributed by atoms with Gasteiger partial charge in [-0.25, -0.2) is 0 Å². The summed E-state index contributed by atoms with van der Waals surface area (Å²) in [6.07, 6.45) is 1.19. The van der Waals surface area contributed by atoms with Gasteiger partial charge in [0.05, 0.1) is 5.54 Å². The van der Waals surface area contributed by atoms with Crippen molar-refractivity contribution in [3.63, 3.8) is 0 Å². The molecule has 0 saturated heterocycles. The highest BCUT2D eigenvalue weighted by molar-refractivity contribution is 6.33. The van der Waals surface area contributed by atoms with Crippen LogP contribution in [0.2, 0.25) is 5.02 Å². The van der Waals surface area contributed by atoms with Crippen LogP contribution >= 0.6 is 11.6 Å². The fourth-order valence-corrected chi connectivity index (χ4v) is 2.42. The molecule has 0 atom stereocenters. The molecule has 5 nitrogen and oxygen atoms in total. The molecule has 0 aliphatic heterocycles. The molecule has 1 aromatic carbocycles. The van der Waals surface area contributed by atoms with Crippen molar-refractivity contribution < 1.29 is 5.11 Å². The maximum atomic E-state index is 12.3. The summed E-state index contributed by atoms with van der Waals surface area (Å²) in [5.74, 6) is -0.0793. The van der Waals surface area contributed by atoms with Crippen LogP contribution in [-0.4, -0.2) is 15.1 Å². The Kier molecular flexibility index (Phi) is 4.34. The number of nitrogens with one attached hydrogen (secondary N) is 1. The average molecular weight is 308 g/mol. The largest absolute Gasteiger partial charge is 0.493 e. The quantitative estimate of drug-likeness (QED) is 0.810. The molecule has 0 aliphatic rings. The first kappa shape index (κ1) is 15.5. The van der Waals surface area contributed by atoms with Crippen molar-refractivity contribution in [2.24, 2.45) is 5.73 Å². The Hall–Kier alpha value is -1.85. The lowest BCUT2D eigenvalue weighted by Crippen LogP contribution is -2.38. The molecule has 1 aromatic heterocycles. The molecule has 0 spiro atoms. The Balaban J connectivity index is 2.64. The molecule has 0 saturated carbocycles. The first-order valence-electron chi connectivity index (χ1n) is 6.80. The van der Waals surface area contributed by atoms with Crippen molar-refractivity contribution in [3.05, 3.63) is 45.5 Å². The predicted octanol–water partition coefficient (Wildman–Crippen LogP) is 2.77. The predicted molar refractivity (Wildman–Crippen MR) is 83.4 cm³/mol. The second-order valence-electron chi connectivity index (χ2n) is 4.96. The van der Waals surface area contributed by atoms with E-state index in [1.165, 1.54) is 0 Å². The third kappa shape index (κ3) is 2.80. The maximum Gasteiger partial charge on any atom is 0.262 e. The number of halogens is 1. The summed E-state index contributed by atoms with van der Waals surface area (Å²) in [5.41, 5.74) is 5.47. The third-order valence-electron chi connectivity index (χ3n) is 3.78.